The molecule has 0 bridgehead atoms. The van der Waals surface area contributed by atoms with Crippen LogP contribution in [0.25, 0.3) is 0 Å². The summed E-state index contributed by atoms with van der Waals surface area (Å²) in [7, 11) is -3.66. The van der Waals surface area contributed by atoms with E-state index in [4.69, 9.17) is 5.26 Å². The van der Waals surface area contributed by atoms with E-state index in [9.17, 15) is 8.42 Å². The monoisotopic (exact) mass is 272 g/mol. The summed E-state index contributed by atoms with van der Waals surface area (Å²) >= 11 is 0. The summed E-state index contributed by atoms with van der Waals surface area (Å²) in [6.07, 6.45) is 0. The SMILES string of the molecule is Cc1cccc(NS(=O)(=O)c2ccccc2)c1C#N. The van der Waals surface area contributed by atoms with Crippen LogP contribution < -0.4 is 4.72 Å². The van der Waals surface area contributed by atoms with Crippen LogP contribution in [-0.2, 0) is 10.0 Å². The molecule has 4 nitrogen and oxygen atoms in total. The molecule has 0 unspecified atom stereocenters. The van der Waals surface area contributed by atoms with Crippen molar-refractivity contribution >= 4 is 15.7 Å². The standard InChI is InChI=1S/C14H12N2O2S/c1-11-6-5-9-14(13(11)10-15)16-19(17,18)12-7-3-2-4-8-12/h2-9,16H,1H3. The van der Waals surface area contributed by atoms with Gasteiger partial charge in [-0.3, -0.25) is 4.72 Å². The van der Waals surface area contributed by atoms with Gasteiger partial charge in [0.1, 0.15) is 6.07 Å². The van der Waals surface area contributed by atoms with E-state index in [0.29, 0.717) is 11.3 Å². The minimum Gasteiger partial charge on any atom is -0.278 e. The molecule has 0 amide bonds. The molecule has 19 heavy (non-hydrogen) atoms. The van der Waals surface area contributed by atoms with Crippen LogP contribution >= 0.6 is 0 Å². The minimum absolute atomic E-state index is 0.167. The van der Waals surface area contributed by atoms with Gasteiger partial charge in [0.15, 0.2) is 0 Å². The van der Waals surface area contributed by atoms with Crippen molar-refractivity contribution in [3.8, 4) is 6.07 Å². The molecule has 0 heterocycles. The summed E-state index contributed by atoms with van der Waals surface area (Å²) in [4.78, 5) is 0.167. The summed E-state index contributed by atoms with van der Waals surface area (Å²) < 4.78 is 26.8. The molecule has 0 aliphatic rings. The Hall–Kier alpha value is -2.32. The second kappa shape index (κ2) is 5.12. The number of rotatable bonds is 3. The van der Waals surface area contributed by atoms with Gasteiger partial charge in [0.05, 0.1) is 16.1 Å². The summed E-state index contributed by atoms with van der Waals surface area (Å²) in [5.74, 6) is 0. The van der Waals surface area contributed by atoms with Crippen LogP contribution in [0.5, 0.6) is 0 Å². The van der Waals surface area contributed by atoms with E-state index < -0.39 is 10.0 Å². The first-order chi connectivity index (χ1) is 9.04. The highest BCUT2D eigenvalue weighted by molar-refractivity contribution is 7.92. The molecule has 0 atom stereocenters. The third-order valence-electron chi connectivity index (χ3n) is 2.68. The number of nitriles is 1. The molecular formula is C14H12N2O2S. The van der Waals surface area contributed by atoms with Crippen LogP contribution in [0.1, 0.15) is 11.1 Å². The molecule has 2 aromatic carbocycles. The molecule has 0 aliphatic carbocycles. The highest BCUT2D eigenvalue weighted by Gasteiger charge is 2.16. The maximum absolute atomic E-state index is 12.2. The van der Waals surface area contributed by atoms with Crippen LogP contribution in [0.2, 0.25) is 0 Å². The third kappa shape index (κ3) is 2.75. The Morgan fingerprint density at radius 1 is 1.05 bits per heavy atom. The lowest BCUT2D eigenvalue weighted by Crippen LogP contribution is -2.14. The Balaban J connectivity index is 2.43. The van der Waals surface area contributed by atoms with Gasteiger partial charge in [0.2, 0.25) is 0 Å². The zero-order valence-corrected chi connectivity index (χ0v) is 11.1. The van der Waals surface area contributed by atoms with Crippen LogP contribution in [0.15, 0.2) is 53.4 Å². The first-order valence-electron chi connectivity index (χ1n) is 5.62. The molecule has 5 heteroatoms. The first-order valence-corrected chi connectivity index (χ1v) is 7.10. The zero-order valence-electron chi connectivity index (χ0n) is 10.3. The number of sulfonamides is 1. The molecular weight excluding hydrogens is 260 g/mol. The van der Waals surface area contributed by atoms with Gasteiger partial charge in [-0.1, -0.05) is 30.3 Å². The van der Waals surface area contributed by atoms with Gasteiger partial charge < -0.3 is 0 Å². The number of aryl methyl sites for hydroxylation is 1. The first kappa shape index (κ1) is 13.1. The Morgan fingerprint density at radius 2 is 1.74 bits per heavy atom. The van der Waals surface area contributed by atoms with Gasteiger partial charge in [-0.25, -0.2) is 8.42 Å². The average Bonchev–Trinajstić information content (AvgIpc) is 2.40. The maximum Gasteiger partial charge on any atom is 0.261 e. The van der Waals surface area contributed by atoms with Crippen molar-refractivity contribution in [2.24, 2.45) is 0 Å². The number of anilines is 1. The molecule has 96 valence electrons. The fourth-order valence-electron chi connectivity index (χ4n) is 1.70. The van der Waals surface area contributed by atoms with Crippen LogP contribution in [-0.4, -0.2) is 8.42 Å². The smallest absolute Gasteiger partial charge is 0.261 e. The lowest BCUT2D eigenvalue weighted by Gasteiger charge is -2.10. The van der Waals surface area contributed by atoms with Crippen LogP contribution in [0, 0.1) is 18.3 Å². The number of nitrogens with one attached hydrogen (secondary N) is 1. The fraction of sp³-hybridized carbons (Fsp3) is 0.0714. The second-order valence-corrected chi connectivity index (χ2v) is 5.71. The second-order valence-electron chi connectivity index (χ2n) is 4.03. The maximum atomic E-state index is 12.2. The fourth-order valence-corrected chi connectivity index (χ4v) is 2.80. The molecule has 1 N–H and O–H groups in total. The van der Waals surface area contributed by atoms with Crippen molar-refractivity contribution in [1.82, 2.24) is 0 Å². The van der Waals surface area contributed by atoms with E-state index in [1.54, 1.807) is 43.3 Å². The molecule has 0 saturated heterocycles. The van der Waals surface area contributed by atoms with Crippen molar-refractivity contribution in [2.75, 3.05) is 4.72 Å². The predicted molar refractivity (Wildman–Crippen MR) is 73.1 cm³/mol. The lowest BCUT2D eigenvalue weighted by molar-refractivity contribution is 0.601. The van der Waals surface area contributed by atoms with Crippen molar-refractivity contribution < 1.29 is 8.42 Å². The van der Waals surface area contributed by atoms with Crippen molar-refractivity contribution in [3.05, 3.63) is 59.7 Å². The highest BCUT2D eigenvalue weighted by Crippen LogP contribution is 2.21. The largest absolute Gasteiger partial charge is 0.278 e. The average molecular weight is 272 g/mol. The molecule has 0 fully saturated rings. The minimum atomic E-state index is -3.66. The summed E-state index contributed by atoms with van der Waals surface area (Å²) in [6, 6.07) is 15.1. The van der Waals surface area contributed by atoms with Gasteiger partial charge in [0, 0.05) is 0 Å². The van der Waals surface area contributed by atoms with Gasteiger partial charge >= 0.3 is 0 Å². The van der Waals surface area contributed by atoms with Gasteiger partial charge in [0.25, 0.3) is 10.0 Å². The van der Waals surface area contributed by atoms with E-state index in [-0.39, 0.29) is 4.90 Å². The Labute approximate surface area is 112 Å². The molecule has 0 radical (unpaired) electrons. The van der Waals surface area contributed by atoms with Crippen LogP contribution in [0.3, 0.4) is 0 Å². The molecule has 0 spiro atoms. The predicted octanol–water partition coefficient (Wildman–Crippen LogP) is 2.67. The van der Waals surface area contributed by atoms with E-state index >= 15 is 0 Å². The molecule has 2 aromatic rings. The molecule has 0 aromatic heterocycles. The zero-order chi connectivity index (χ0) is 13.9. The van der Waals surface area contributed by atoms with E-state index in [2.05, 4.69) is 4.72 Å². The van der Waals surface area contributed by atoms with Gasteiger partial charge in [-0.15, -0.1) is 0 Å². The number of nitrogens with zero attached hydrogens (tertiary/aromatic N) is 1. The Kier molecular flexibility index (Phi) is 3.54. The molecule has 2 rings (SSSR count). The van der Waals surface area contributed by atoms with Crippen LogP contribution in [0.4, 0.5) is 5.69 Å². The van der Waals surface area contributed by atoms with Gasteiger partial charge in [-0.2, -0.15) is 5.26 Å². The number of hydrogen-bond acceptors (Lipinski definition) is 3. The van der Waals surface area contributed by atoms with E-state index in [1.165, 1.54) is 12.1 Å². The van der Waals surface area contributed by atoms with E-state index in [1.807, 2.05) is 6.07 Å². The molecule has 0 aliphatic heterocycles. The van der Waals surface area contributed by atoms with E-state index in [0.717, 1.165) is 5.56 Å². The van der Waals surface area contributed by atoms with Crippen molar-refractivity contribution in [2.45, 2.75) is 11.8 Å². The summed E-state index contributed by atoms with van der Waals surface area (Å²) in [5, 5.41) is 9.08. The Bertz CT molecular complexity index is 732. The van der Waals surface area contributed by atoms with Crippen molar-refractivity contribution in [1.29, 1.82) is 5.26 Å². The topological polar surface area (TPSA) is 70.0 Å². The Morgan fingerprint density at radius 3 is 2.37 bits per heavy atom. The number of benzene rings is 2. The quantitative estimate of drug-likeness (QED) is 0.933. The summed E-state index contributed by atoms with van der Waals surface area (Å²) in [6.45, 7) is 1.76. The summed E-state index contributed by atoms with van der Waals surface area (Å²) in [5.41, 5.74) is 1.36. The van der Waals surface area contributed by atoms with Gasteiger partial charge in [-0.05, 0) is 30.7 Å². The molecule has 0 saturated carbocycles. The lowest BCUT2D eigenvalue weighted by atomic mass is 10.1. The van der Waals surface area contributed by atoms with Crippen molar-refractivity contribution in [3.63, 3.8) is 0 Å². The third-order valence-corrected chi connectivity index (χ3v) is 4.06. The normalized spacial score (nSPS) is 10.7. The highest BCUT2D eigenvalue weighted by atomic mass is 32.2. The number of hydrogen-bond donors (Lipinski definition) is 1.